The van der Waals surface area contributed by atoms with Crippen molar-refractivity contribution in [3.63, 3.8) is 0 Å². The first-order valence-electron chi connectivity index (χ1n) is 8.73. The lowest BCUT2D eigenvalue weighted by Gasteiger charge is -2.14. The van der Waals surface area contributed by atoms with Gasteiger partial charge in [0.25, 0.3) is 5.56 Å². The summed E-state index contributed by atoms with van der Waals surface area (Å²) in [6.45, 7) is 0.320. The molecule has 1 aliphatic rings. The van der Waals surface area contributed by atoms with Gasteiger partial charge in [0, 0.05) is 6.54 Å². The zero-order valence-corrected chi connectivity index (χ0v) is 14.4. The van der Waals surface area contributed by atoms with E-state index < -0.39 is 11.2 Å². The summed E-state index contributed by atoms with van der Waals surface area (Å²) < 4.78 is 1.18. The molecular weight excluding hydrogens is 332 g/mol. The van der Waals surface area contributed by atoms with Crippen molar-refractivity contribution >= 4 is 11.9 Å². The number of rotatable bonds is 6. The largest absolute Gasteiger partial charge is 0.494 e. The van der Waals surface area contributed by atoms with Gasteiger partial charge in [0.15, 0.2) is 0 Å². The maximum absolute atomic E-state index is 12.0. The van der Waals surface area contributed by atoms with Gasteiger partial charge in [-0.25, -0.2) is 4.79 Å². The number of allylic oxidation sites excluding steroid dienone is 2. The van der Waals surface area contributed by atoms with E-state index in [0.29, 0.717) is 13.0 Å². The second-order valence-electron chi connectivity index (χ2n) is 6.24. The molecule has 3 rings (SSSR count). The molecule has 0 aliphatic heterocycles. The third kappa shape index (κ3) is 4.30. The van der Waals surface area contributed by atoms with Crippen LogP contribution in [0.1, 0.15) is 37.7 Å². The van der Waals surface area contributed by atoms with Crippen molar-refractivity contribution < 1.29 is 5.11 Å². The number of aromatic nitrogens is 2. The van der Waals surface area contributed by atoms with Crippen molar-refractivity contribution in [1.82, 2.24) is 9.55 Å². The highest BCUT2D eigenvalue weighted by atomic mass is 16.3. The summed E-state index contributed by atoms with van der Waals surface area (Å²) in [7, 11) is 0. The summed E-state index contributed by atoms with van der Waals surface area (Å²) in [5.41, 5.74) is 3.48. The fourth-order valence-electron chi connectivity index (χ4n) is 2.97. The third-order valence-electron chi connectivity index (χ3n) is 4.41. The van der Waals surface area contributed by atoms with Gasteiger partial charge in [-0.05, 0) is 44.2 Å². The number of hydrogen-bond donors (Lipinski definition) is 3. The minimum Gasteiger partial charge on any atom is -0.494 e. The van der Waals surface area contributed by atoms with E-state index in [1.807, 2.05) is 30.3 Å². The molecule has 3 N–H and O–H groups in total. The topological polar surface area (TPSA) is 99.5 Å². The van der Waals surface area contributed by atoms with Gasteiger partial charge in [-0.3, -0.25) is 19.8 Å². The van der Waals surface area contributed by atoms with Crippen LogP contribution in [0.5, 0.6) is 5.88 Å². The number of H-pyrrole nitrogens is 1. The Hall–Kier alpha value is -3.09. The maximum Gasteiger partial charge on any atom is 0.331 e. The zero-order chi connectivity index (χ0) is 18.4. The normalized spacial score (nSPS) is 14.4. The Bertz CT molecular complexity index is 926. The molecule has 0 spiro atoms. The van der Waals surface area contributed by atoms with Crippen molar-refractivity contribution in [2.24, 2.45) is 5.10 Å². The molecule has 0 atom stereocenters. The lowest BCUT2D eigenvalue weighted by molar-refractivity contribution is 0.398. The van der Waals surface area contributed by atoms with E-state index in [0.717, 1.165) is 24.9 Å². The maximum atomic E-state index is 12.0. The molecule has 26 heavy (non-hydrogen) atoms. The van der Waals surface area contributed by atoms with Crippen LogP contribution in [0, 0.1) is 0 Å². The smallest absolute Gasteiger partial charge is 0.331 e. The van der Waals surface area contributed by atoms with E-state index in [1.165, 1.54) is 22.8 Å². The van der Waals surface area contributed by atoms with Gasteiger partial charge >= 0.3 is 5.69 Å². The molecule has 0 saturated carbocycles. The Kier molecular flexibility index (Phi) is 5.68. The number of hydrazone groups is 1. The molecule has 0 saturated heterocycles. The van der Waals surface area contributed by atoms with Gasteiger partial charge in [-0.2, -0.15) is 5.10 Å². The van der Waals surface area contributed by atoms with Gasteiger partial charge < -0.3 is 5.11 Å². The van der Waals surface area contributed by atoms with E-state index >= 15 is 0 Å². The predicted molar refractivity (Wildman–Crippen MR) is 102 cm³/mol. The highest BCUT2D eigenvalue weighted by molar-refractivity contribution is 5.82. The number of aromatic hydroxyl groups is 1. The summed E-state index contributed by atoms with van der Waals surface area (Å²) in [5.74, 6) is -0.367. The van der Waals surface area contributed by atoms with Crippen LogP contribution in [0.3, 0.4) is 0 Å². The molecule has 1 aliphatic carbocycles. The summed E-state index contributed by atoms with van der Waals surface area (Å²) in [5, 5.41) is 14.4. The van der Waals surface area contributed by atoms with E-state index in [2.05, 4.69) is 21.6 Å². The summed E-state index contributed by atoms with van der Waals surface area (Å²) >= 11 is 0. The van der Waals surface area contributed by atoms with Crippen molar-refractivity contribution in [1.29, 1.82) is 0 Å². The number of nitrogens with zero attached hydrogens (tertiary/aromatic N) is 2. The first-order valence-corrected chi connectivity index (χ1v) is 8.73. The number of hydrogen-bond acceptors (Lipinski definition) is 5. The molecule has 0 fully saturated rings. The second kappa shape index (κ2) is 8.33. The number of aromatic amines is 1. The van der Waals surface area contributed by atoms with Crippen LogP contribution in [0.25, 0.3) is 0 Å². The van der Waals surface area contributed by atoms with Crippen molar-refractivity contribution in [3.8, 4) is 5.88 Å². The van der Waals surface area contributed by atoms with Crippen LogP contribution in [-0.2, 0) is 6.54 Å². The molecule has 1 heterocycles. The van der Waals surface area contributed by atoms with E-state index in [-0.39, 0.29) is 11.4 Å². The third-order valence-corrected chi connectivity index (χ3v) is 4.41. The first-order chi connectivity index (χ1) is 12.6. The quantitative estimate of drug-likeness (QED) is 0.422. The molecule has 1 aromatic carbocycles. The van der Waals surface area contributed by atoms with Gasteiger partial charge in [0.05, 0.1) is 11.9 Å². The van der Waals surface area contributed by atoms with Gasteiger partial charge in [0.1, 0.15) is 5.56 Å². The Morgan fingerprint density at radius 3 is 2.77 bits per heavy atom. The minimum atomic E-state index is -0.667. The first kappa shape index (κ1) is 17.7. The van der Waals surface area contributed by atoms with E-state index in [4.69, 9.17) is 0 Å². The highest BCUT2D eigenvalue weighted by Crippen LogP contribution is 2.21. The van der Waals surface area contributed by atoms with Crippen LogP contribution in [-0.4, -0.2) is 20.9 Å². The van der Waals surface area contributed by atoms with Crippen LogP contribution in [0.15, 0.2) is 56.7 Å². The predicted octanol–water partition coefficient (Wildman–Crippen LogP) is 2.58. The molecule has 7 heteroatoms. The number of para-hydroxylation sites is 1. The average Bonchev–Trinajstić information content (AvgIpc) is 2.66. The SMILES string of the molecule is O=c1[nH]c(=O)n(CCC2=CCCCC2)c(O)c1/C=N\Nc1ccccc1. The summed E-state index contributed by atoms with van der Waals surface area (Å²) in [4.78, 5) is 26.3. The molecule has 0 amide bonds. The second-order valence-corrected chi connectivity index (χ2v) is 6.24. The van der Waals surface area contributed by atoms with Crippen molar-refractivity contribution in [2.75, 3.05) is 5.43 Å². The molecule has 0 bridgehead atoms. The fraction of sp³-hybridized carbons (Fsp3) is 0.316. The summed E-state index contributed by atoms with van der Waals surface area (Å²) in [6.07, 6.45) is 8.53. The molecule has 2 aromatic rings. The van der Waals surface area contributed by atoms with Gasteiger partial charge in [-0.15, -0.1) is 0 Å². The van der Waals surface area contributed by atoms with Crippen LogP contribution in [0.2, 0.25) is 0 Å². The Labute approximate surface area is 150 Å². The Morgan fingerprint density at radius 1 is 1.23 bits per heavy atom. The van der Waals surface area contributed by atoms with Crippen molar-refractivity contribution in [3.05, 3.63) is 68.4 Å². The van der Waals surface area contributed by atoms with Crippen LogP contribution < -0.4 is 16.7 Å². The summed E-state index contributed by atoms with van der Waals surface area (Å²) in [6, 6.07) is 9.22. The van der Waals surface area contributed by atoms with E-state index in [9.17, 15) is 14.7 Å². The lowest BCUT2D eigenvalue weighted by Crippen LogP contribution is -2.32. The number of nitrogens with one attached hydrogen (secondary N) is 2. The molecule has 0 unspecified atom stereocenters. The van der Waals surface area contributed by atoms with Gasteiger partial charge in [-0.1, -0.05) is 29.8 Å². The van der Waals surface area contributed by atoms with E-state index in [1.54, 1.807) is 0 Å². The Morgan fingerprint density at radius 2 is 2.04 bits per heavy atom. The highest BCUT2D eigenvalue weighted by Gasteiger charge is 2.13. The zero-order valence-electron chi connectivity index (χ0n) is 14.4. The molecule has 1 aromatic heterocycles. The number of anilines is 1. The van der Waals surface area contributed by atoms with Gasteiger partial charge in [0.2, 0.25) is 5.88 Å². The van der Waals surface area contributed by atoms with Crippen molar-refractivity contribution in [2.45, 2.75) is 38.6 Å². The molecule has 0 radical (unpaired) electrons. The fourth-order valence-corrected chi connectivity index (χ4v) is 2.97. The average molecular weight is 354 g/mol. The van der Waals surface area contributed by atoms with Crippen LogP contribution >= 0.6 is 0 Å². The van der Waals surface area contributed by atoms with Crippen LogP contribution in [0.4, 0.5) is 5.69 Å². The monoisotopic (exact) mass is 354 g/mol. The molecule has 136 valence electrons. The number of benzene rings is 1. The minimum absolute atomic E-state index is 0.0503. The standard InChI is InChI=1S/C19H22N4O3/c24-17-16(13-20-22-15-9-5-2-6-10-15)18(25)23(19(26)21-17)12-11-14-7-3-1-4-8-14/h2,5-7,9-10,13,22,25H,1,3-4,8,11-12H2,(H,21,24,26)/b20-13-. The Balaban J connectivity index is 1.78. The lowest BCUT2D eigenvalue weighted by atomic mass is 9.97. The molecular formula is C19H22N4O3. The molecule has 7 nitrogen and oxygen atoms in total.